The molecule has 0 aliphatic heterocycles. The minimum Gasteiger partial charge on any atom is -0.480 e. The Hall–Kier alpha value is -3.35. The standard InChI is InChI=1S/C23H23NO6/c1-29-22(27)14-10-13(11-14)20(21(25)26)24-23(28)30-12-19-17-8-4-2-6-15(17)16-7-3-5-9-18(16)19/h2-9,13-14,19-20H,10-12H2,1H3,(H,24,28)(H,25,26). The molecule has 30 heavy (non-hydrogen) atoms. The lowest BCUT2D eigenvalue weighted by Gasteiger charge is -2.36. The first-order chi connectivity index (χ1) is 14.5. The highest BCUT2D eigenvalue weighted by molar-refractivity contribution is 5.82. The Bertz CT molecular complexity index is 936. The lowest BCUT2D eigenvalue weighted by atomic mass is 9.71. The molecule has 0 bridgehead atoms. The van der Waals surface area contributed by atoms with Crippen LogP contribution in [0.2, 0.25) is 0 Å². The van der Waals surface area contributed by atoms with E-state index in [2.05, 4.69) is 10.1 Å². The third-order valence-corrected chi connectivity index (χ3v) is 6.06. The zero-order valence-corrected chi connectivity index (χ0v) is 16.5. The zero-order chi connectivity index (χ0) is 21.3. The molecular formula is C23H23NO6. The van der Waals surface area contributed by atoms with E-state index < -0.39 is 18.1 Å². The number of carboxylic acid groups (broad SMARTS) is 1. The Labute approximate surface area is 174 Å². The number of hydrogen-bond donors (Lipinski definition) is 2. The fourth-order valence-corrected chi connectivity index (χ4v) is 4.44. The minimum atomic E-state index is -1.14. The number of nitrogens with one attached hydrogen (secondary N) is 1. The third-order valence-electron chi connectivity index (χ3n) is 6.06. The van der Waals surface area contributed by atoms with Crippen LogP contribution < -0.4 is 5.32 Å². The van der Waals surface area contributed by atoms with E-state index in [1.165, 1.54) is 7.11 Å². The zero-order valence-electron chi connectivity index (χ0n) is 16.5. The molecule has 2 aliphatic rings. The molecule has 156 valence electrons. The van der Waals surface area contributed by atoms with Crippen molar-refractivity contribution in [2.75, 3.05) is 13.7 Å². The first-order valence-corrected chi connectivity index (χ1v) is 9.91. The number of carboxylic acids is 1. The Balaban J connectivity index is 1.39. The van der Waals surface area contributed by atoms with Crippen LogP contribution in [-0.2, 0) is 19.1 Å². The summed E-state index contributed by atoms with van der Waals surface area (Å²) in [5, 5.41) is 11.9. The van der Waals surface area contributed by atoms with Gasteiger partial charge in [-0.1, -0.05) is 48.5 Å². The Kier molecular flexibility index (Phi) is 5.44. The average Bonchev–Trinajstić information content (AvgIpc) is 3.04. The molecule has 1 unspecified atom stereocenters. The predicted octanol–water partition coefficient (Wildman–Crippen LogP) is 3.18. The second-order valence-electron chi connectivity index (χ2n) is 7.74. The normalized spacial score (nSPS) is 20.3. The highest BCUT2D eigenvalue weighted by atomic mass is 16.5. The molecule has 7 nitrogen and oxygen atoms in total. The van der Waals surface area contributed by atoms with Gasteiger partial charge in [0.2, 0.25) is 0 Å². The van der Waals surface area contributed by atoms with Crippen molar-refractivity contribution in [3.05, 3.63) is 59.7 Å². The molecule has 2 aromatic rings. The van der Waals surface area contributed by atoms with Gasteiger partial charge in [0, 0.05) is 5.92 Å². The topological polar surface area (TPSA) is 102 Å². The van der Waals surface area contributed by atoms with Crippen LogP contribution in [0.1, 0.15) is 29.9 Å². The summed E-state index contributed by atoms with van der Waals surface area (Å²) in [5.41, 5.74) is 4.41. The van der Waals surface area contributed by atoms with E-state index in [9.17, 15) is 19.5 Å². The molecule has 2 N–H and O–H groups in total. The molecular weight excluding hydrogens is 386 g/mol. The number of rotatable bonds is 6. The number of esters is 1. The molecule has 1 atom stereocenters. The monoisotopic (exact) mass is 409 g/mol. The number of aliphatic carboxylic acids is 1. The molecule has 1 saturated carbocycles. The molecule has 4 rings (SSSR count). The number of carbonyl (C=O) groups is 3. The molecule has 2 aliphatic carbocycles. The molecule has 0 spiro atoms. The van der Waals surface area contributed by atoms with Crippen molar-refractivity contribution < 1.29 is 29.0 Å². The van der Waals surface area contributed by atoms with Gasteiger partial charge in [0.25, 0.3) is 0 Å². The van der Waals surface area contributed by atoms with Crippen molar-refractivity contribution in [1.82, 2.24) is 5.32 Å². The highest BCUT2D eigenvalue weighted by Gasteiger charge is 2.43. The van der Waals surface area contributed by atoms with Crippen molar-refractivity contribution in [2.24, 2.45) is 11.8 Å². The molecule has 0 heterocycles. The Morgan fingerprint density at radius 3 is 2.13 bits per heavy atom. The number of methoxy groups -OCH3 is 1. The summed E-state index contributed by atoms with van der Waals surface area (Å²) in [6.45, 7) is 0.113. The van der Waals surface area contributed by atoms with Crippen molar-refractivity contribution in [1.29, 1.82) is 0 Å². The van der Waals surface area contributed by atoms with Gasteiger partial charge in [-0.25, -0.2) is 9.59 Å². The van der Waals surface area contributed by atoms with E-state index in [1.54, 1.807) is 0 Å². The van der Waals surface area contributed by atoms with E-state index in [1.807, 2.05) is 48.5 Å². The van der Waals surface area contributed by atoms with Crippen LogP contribution in [0.4, 0.5) is 4.79 Å². The first kappa shape index (κ1) is 19.9. The van der Waals surface area contributed by atoms with E-state index in [0.717, 1.165) is 22.3 Å². The second kappa shape index (κ2) is 8.18. The summed E-state index contributed by atoms with van der Waals surface area (Å²) in [4.78, 5) is 35.5. The number of benzene rings is 2. The maximum atomic E-state index is 12.4. The number of hydrogen-bond acceptors (Lipinski definition) is 5. The number of amides is 1. The summed E-state index contributed by atoms with van der Waals surface area (Å²) in [5.74, 6) is -2.23. The van der Waals surface area contributed by atoms with Crippen molar-refractivity contribution in [3.63, 3.8) is 0 Å². The molecule has 1 amide bonds. The van der Waals surface area contributed by atoms with Crippen LogP contribution in [0.3, 0.4) is 0 Å². The highest BCUT2D eigenvalue weighted by Crippen LogP contribution is 2.44. The largest absolute Gasteiger partial charge is 0.480 e. The van der Waals surface area contributed by atoms with E-state index in [-0.39, 0.29) is 30.3 Å². The van der Waals surface area contributed by atoms with Gasteiger partial charge in [-0.3, -0.25) is 4.79 Å². The molecule has 0 saturated heterocycles. The van der Waals surface area contributed by atoms with Crippen molar-refractivity contribution in [3.8, 4) is 11.1 Å². The van der Waals surface area contributed by atoms with Crippen molar-refractivity contribution in [2.45, 2.75) is 24.8 Å². The van der Waals surface area contributed by atoms with Gasteiger partial charge in [0.1, 0.15) is 12.6 Å². The van der Waals surface area contributed by atoms with Gasteiger partial charge in [-0.15, -0.1) is 0 Å². The Morgan fingerprint density at radius 2 is 1.60 bits per heavy atom. The van der Waals surface area contributed by atoms with Crippen LogP contribution >= 0.6 is 0 Å². The van der Waals surface area contributed by atoms with Crippen LogP contribution in [-0.4, -0.2) is 42.9 Å². The van der Waals surface area contributed by atoms with Crippen molar-refractivity contribution >= 4 is 18.0 Å². The lowest BCUT2D eigenvalue weighted by molar-refractivity contribution is -0.154. The number of fused-ring (bicyclic) bond motifs is 3. The second-order valence-corrected chi connectivity index (χ2v) is 7.74. The number of carbonyl (C=O) groups excluding carboxylic acids is 2. The van der Waals surface area contributed by atoms with E-state index in [0.29, 0.717) is 12.8 Å². The summed E-state index contributed by atoms with van der Waals surface area (Å²) in [7, 11) is 1.30. The summed E-state index contributed by atoms with van der Waals surface area (Å²) in [6.07, 6.45) is -0.0357. The average molecular weight is 409 g/mol. The van der Waals surface area contributed by atoms with Gasteiger partial charge in [0.05, 0.1) is 13.0 Å². The van der Waals surface area contributed by atoms with Gasteiger partial charge < -0.3 is 19.9 Å². The SMILES string of the molecule is COC(=O)C1CC(C(NC(=O)OCC2c3ccccc3-c3ccccc32)C(=O)O)C1. The van der Waals surface area contributed by atoms with Crippen LogP contribution in [0.5, 0.6) is 0 Å². The molecule has 7 heteroatoms. The van der Waals surface area contributed by atoms with Crippen LogP contribution in [0, 0.1) is 11.8 Å². The van der Waals surface area contributed by atoms with Gasteiger partial charge in [-0.05, 0) is 41.0 Å². The fourth-order valence-electron chi connectivity index (χ4n) is 4.44. The van der Waals surface area contributed by atoms with Gasteiger partial charge in [0.15, 0.2) is 0 Å². The third kappa shape index (κ3) is 3.63. The van der Waals surface area contributed by atoms with Gasteiger partial charge in [-0.2, -0.15) is 0 Å². The molecule has 2 aromatic carbocycles. The van der Waals surface area contributed by atoms with Crippen LogP contribution in [0.25, 0.3) is 11.1 Å². The smallest absolute Gasteiger partial charge is 0.407 e. The Morgan fingerprint density at radius 1 is 1.03 bits per heavy atom. The van der Waals surface area contributed by atoms with Gasteiger partial charge >= 0.3 is 18.0 Å². The lowest BCUT2D eigenvalue weighted by Crippen LogP contribution is -2.51. The maximum Gasteiger partial charge on any atom is 0.407 e. The van der Waals surface area contributed by atoms with Crippen LogP contribution in [0.15, 0.2) is 48.5 Å². The maximum absolute atomic E-state index is 12.4. The van der Waals surface area contributed by atoms with E-state index in [4.69, 9.17) is 4.74 Å². The number of alkyl carbamates (subject to hydrolysis) is 1. The predicted molar refractivity (Wildman–Crippen MR) is 108 cm³/mol. The number of ether oxygens (including phenoxy) is 2. The quantitative estimate of drug-likeness (QED) is 0.711. The summed E-state index contributed by atoms with van der Waals surface area (Å²) < 4.78 is 10.1. The molecule has 1 fully saturated rings. The summed E-state index contributed by atoms with van der Waals surface area (Å²) in [6, 6.07) is 14.9. The minimum absolute atomic E-state index is 0.0983. The van der Waals surface area contributed by atoms with E-state index >= 15 is 0 Å². The molecule has 0 radical (unpaired) electrons. The first-order valence-electron chi connectivity index (χ1n) is 9.91. The summed E-state index contributed by atoms with van der Waals surface area (Å²) >= 11 is 0. The fraction of sp³-hybridized carbons (Fsp3) is 0.348. The molecule has 0 aromatic heterocycles.